The van der Waals surface area contributed by atoms with Crippen LogP contribution in [0.4, 0.5) is 0 Å². The number of hydrogen-bond acceptors (Lipinski definition) is 2. The Morgan fingerprint density at radius 3 is 2.50 bits per heavy atom. The highest BCUT2D eigenvalue weighted by atomic mass is 16.3. The predicted octanol–water partition coefficient (Wildman–Crippen LogP) is 2.96. The maximum atomic E-state index is 8.91. The molecule has 1 fully saturated rings. The third kappa shape index (κ3) is 6.49. The van der Waals surface area contributed by atoms with Crippen molar-refractivity contribution >= 4 is 0 Å². The van der Waals surface area contributed by atoms with Gasteiger partial charge in [0.1, 0.15) is 0 Å². The topological polar surface area (TPSA) is 32.3 Å². The fourth-order valence-corrected chi connectivity index (χ4v) is 2.54. The van der Waals surface area contributed by atoms with Gasteiger partial charge in [-0.05, 0) is 50.6 Å². The van der Waals surface area contributed by atoms with Gasteiger partial charge in [-0.1, -0.05) is 32.6 Å². The van der Waals surface area contributed by atoms with Gasteiger partial charge in [-0.3, -0.25) is 0 Å². The molecule has 0 bridgehead atoms. The summed E-state index contributed by atoms with van der Waals surface area (Å²) in [4.78, 5) is 0. The minimum atomic E-state index is 0.336. The van der Waals surface area contributed by atoms with E-state index in [0.717, 1.165) is 18.9 Å². The quantitative estimate of drug-likeness (QED) is 0.518. The van der Waals surface area contributed by atoms with Gasteiger partial charge in [0.05, 0.1) is 0 Å². The van der Waals surface area contributed by atoms with Crippen LogP contribution in [0.3, 0.4) is 0 Å². The Bertz CT molecular complexity index is 153. The van der Waals surface area contributed by atoms with Crippen molar-refractivity contribution in [1.29, 1.82) is 0 Å². The average molecular weight is 227 g/mol. The Hall–Kier alpha value is -0.0800. The van der Waals surface area contributed by atoms with Crippen LogP contribution in [-0.4, -0.2) is 24.8 Å². The number of aliphatic hydroxyl groups excluding tert-OH is 1. The second-order valence-electron chi connectivity index (χ2n) is 5.49. The number of aliphatic hydroxyl groups is 1. The summed E-state index contributed by atoms with van der Waals surface area (Å²) < 4.78 is 0. The van der Waals surface area contributed by atoms with E-state index in [1.54, 1.807) is 0 Å². The summed E-state index contributed by atoms with van der Waals surface area (Å²) in [5.74, 6) is 1.40. The SMILES string of the molecule is CC(CO)CCCNCC1CCCCCC1. The molecule has 1 aliphatic carbocycles. The van der Waals surface area contributed by atoms with E-state index in [0.29, 0.717) is 12.5 Å². The van der Waals surface area contributed by atoms with E-state index in [2.05, 4.69) is 12.2 Å². The molecule has 1 unspecified atom stereocenters. The van der Waals surface area contributed by atoms with E-state index in [4.69, 9.17) is 5.11 Å². The van der Waals surface area contributed by atoms with Crippen LogP contribution in [-0.2, 0) is 0 Å². The lowest BCUT2D eigenvalue weighted by Crippen LogP contribution is -2.24. The molecule has 0 aliphatic heterocycles. The summed E-state index contributed by atoms with van der Waals surface area (Å²) in [6.07, 6.45) is 11.0. The Balaban J connectivity index is 1.93. The molecule has 1 rings (SSSR count). The minimum absolute atomic E-state index is 0.336. The molecule has 0 amide bonds. The van der Waals surface area contributed by atoms with Gasteiger partial charge in [0.15, 0.2) is 0 Å². The van der Waals surface area contributed by atoms with Gasteiger partial charge >= 0.3 is 0 Å². The Morgan fingerprint density at radius 1 is 1.19 bits per heavy atom. The summed E-state index contributed by atoms with van der Waals surface area (Å²) in [5.41, 5.74) is 0. The number of hydrogen-bond donors (Lipinski definition) is 2. The molecule has 2 nitrogen and oxygen atoms in total. The molecule has 96 valence electrons. The van der Waals surface area contributed by atoms with Gasteiger partial charge in [0, 0.05) is 6.61 Å². The van der Waals surface area contributed by atoms with Crippen molar-refractivity contribution in [3.05, 3.63) is 0 Å². The highest BCUT2D eigenvalue weighted by Crippen LogP contribution is 2.21. The van der Waals surface area contributed by atoms with Gasteiger partial charge in [-0.25, -0.2) is 0 Å². The lowest BCUT2D eigenvalue weighted by atomic mass is 10.0. The Kier molecular flexibility index (Phi) is 7.87. The van der Waals surface area contributed by atoms with Gasteiger partial charge in [-0.2, -0.15) is 0 Å². The van der Waals surface area contributed by atoms with Gasteiger partial charge in [0.25, 0.3) is 0 Å². The molecule has 0 spiro atoms. The molecule has 0 radical (unpaired) electrons. The van der Waals surface area contributed by atoms with Crippen molar-refractivity contribution in [3.63, 3.8) is 0 Å². The van der Waals surface area contributed by atoms with Gasteiger partial charge in [-0.15, -0.1) is 0 Å². The molecule has 0 aromatic carbocycles. The molecule has 1 saturated carbocycles. The maximum absolute atomic E-state index is 8.91. The van der Waals surface area contributed by atoms with Crippen LogP contribution >= 0.6 is 0 Å². The van der Waals surface area contributed by atoms with E-state index >= 15 is 0 Å². The Labute approximate surface area is 101 Å². The van der Waals surface area contributed by atoms with Gasteiger partial charge < -0.3 is 10.4 Å². The minimum Gasteiger partial charge on any atom is -0.396 e. The molecule has 16 heavy (non-hydrogen) atoms. The number of rotatable bonds is 7. The fraction of sp³-hybridized carbons (Fsp3) is 1.00. The zero-order valence-corrected chi connectivity index (χ0v) is 10.9. The van der Waals surface area contributed by atoms with Crippen LogP contribution in [0.2, 0.25) is 0 Å². The van der Waals surface area contributed by atoms with Crippen molar-refractivity contribution in [1.82, 2.24) is 5.32 Å². The zero-order valence-electron chi connectivity index (χ0n) is 10.9. The van der Waals surface area contributed by atoms with Crippen molar-refractivity contribution in [3.8, 4) is 0 Å². The van der Waals surface area contributed by atoms with Crippen LogP contribution in [0, 0.1) is 11.8 Å². The van der Waals surface area contributed by atoms with Gasteiger partial charge in [0.2, 0.25) is 0 Å². The third-order valence-corrected chi connectivity index (χ3v) is 3.77. The first-order valence-corrected chi connectivity index (χ1v) is 7.14. The average Bonchev–Trinajstić information content (AvgIpc) is 2.57. The molecular formula is C14H29NO. The van der Waals surface area contributed by atoms with E-state index in [1.165, 1.54) is 51.5 Å². The first-order valence-electron chi connectivity index (χ1n) is 7.14. The van der Waals surface area contributed by atoms with Crippen molar-refractivity contribution in [2.24, 2.45) is 11.8 Å². The van der Waals surface area contributed by atoms with Crippen LogP contribution in [0.1, 0.15) is 58.3 Å². The molecule has 0 saturated heterocycles. The standard InChI is InChI=1S/C14H29NO/c1-13(12-16)7-6-10-15-11-14-8-4-2-3-5-9-14/h13-16H,2-12H2,1H3. The van der Waals surface area contributed by atoms with E-state index in [-0.39, 0.29) is 0 Å². The van der Waals surface area contributed by atoms with E-state index in [9.17, 15) is 0 Å². The van der Waals surface area contributed by atoms with Crippen molar-refractivity contribution in [2.75, 3.05) is 19.7 Å². The summed E-state index contributed by atoms with van der Waals surface area (Å²) in [7, 11) is 0. The third-order valence-electron chi connectivity index (χ3n) is 3.77. The van der Waals surface area contributed by atoms with Crippen molar-refractivity contribution in [2.45, 2.75) is 58.3 Å². The molecule has 2 N–H and O–H groups in total. The lowest BCUT2D eigenvalue weighted by molar-refractivity contribution is 0.227. The van der Waals surface area contributed by atoms with E-state index in [1.807, 2.05) is 0 Å². The van der Waals surface area contributed by atoms with Crippen LogP contribution in [0.15, 0.2) is 0 Å². The zero-order chi connectivity index (χ0) is 11.6. The van der Waals surface area contributed by atoms with Crippen LogP contribution in [0.25, 0.3) is 0 Å². The summed E-state index contributed by atoms with van der Waals surface area (Å²) in [5, 5.41) is 12.5. The Morgan fingerprint density at radius 2 is 1.88 bits per heavy atom. The number of nitrogens with one attached hydrogen (secondary N) is 1. The highest BCUT2D eigenvalue weighted by molar-refractivity contribution is 4.67. The second-order valence-corrected chi connectivity index (χ2v) is 5.49. The summed E-state index contributed by atoms with van der Waals surface area (Å²) in [6, 6.07) is 0. The second kappa shape index (κ2) is 9.00. The fourth-order valence-electron chi connectivity index (χ4n) is 2.54. The van der Waals surface area contributed by atoms with Crippen LogP contribution < -0.4 is 5.32 Å². The normalized spacial score (nSPS) is 20.6. The molecule has 0 aromatic rings. The largest absolute Gasteiger partial charge is 0.396 e. The maximum Gasteiger partial charge on any atom is 0.0456 e. The summed E-state index contributed by atoms with van der Waals surface area (Å²) in [6.45, 7) is 4.79. The molecule has 2 heteroatoms. The van der Waals surface area contributed by atoms with E-state index < -0.39 is 0 Å². The molecule has 1 atom stereocenters. The predicted molar refractivity (Wildman–Crippen MR) is 69.5 cm³/mol. The smallest absolute Gasteiger partial charge is 0.0456 e. The molecule has 0 heterocycles. The summed E-state index contributed by atoms with van der Waals surface area (Å²) >= 11 is 0. The first kappa shape index (κ1) is 14.0. The van der Waals surface area contributed by atoms with Crippen molar-refractivity contribution < 1.29 is 5.11 Å². The molecular weight excluding hydrogens is 198 g/mol. The molecule has 1 aliphatic rings. The highest BCUT2D eigenvalue weighted by Gasteiger charge is 2.11. The first-order chi connectivity index (χ1) is 7.83. The molecule has 0 aromatic heterocycles. The van der Waals surface area contributed by atoms with Crippen LogP contribution in [0.5, 0.6) is 0 Å². The lowest BCUT2D eigenvalue weighted by Gasteiger charge is -2.15. The monoisotopic (exact) mass is 227 g/mol.